The summed E-state index contributed by atoms with van der Waals surface area (Å²) in [5, 5.41) is 3.47. The second kappa shape index (κ2) is 7.41. The van der Waals surface area contributed by atoms with Crippen molar-refractivity contribution in [3.8, 4) is 5.75 Å². The van der Waals surface area contributed by atoms with E-state index in [0.717, 1.165) is 23.9 Å². The highest BCUT2D eigenvalue weighted by molar-refractivity contribution is 5.61. The van der Waals surface area contributed by atoms with E-state index >= 15 is 0 Å². The van der Waals surface area contributed by atoms with Crippen LogP contribution in [0, 0.1) is 5.92 Å². The minimum atomic E-state index is 0.148. The van der Waals surface area contributed by atoms with Gasteiger partial charge >= 0.3 is 0 Å². The fourth-order valence-electron chi connectivity index (χ4n) is 2.92. The zero-order chi connectivity index (χ0) is 14.4. The first-order chi connectivity index (χ1) is 9.65. The van der Waals surface area contributed by atoms with Crippen molar-refractivity contribution < 1.29 is 4.74 Å². The summed E-state index contributed by atoms with van der Waals surface area (Å²) in [6.07, 6.45) is 8.50. The monoisotopic (exact) mass is 276 g/mol. The van der Waals surface area contributed by atoms with E-state index in [-0.39, 0.29) is 6.10 Å². The molecule has 0 saturated heterocycles. The lowest BCUT2D eigenvalue weighted by Crippen LogP contribution is -2.09. The molecule has 1 aromatic rings. The SMILES string of the molecule is CC(C)Oc1cc(NCCCC2CCCC2)ccc1N. The lowest BCUT2D eigenvalue weighted by molar-refractivity contribution is 0.244. The number of nitrogens with two attached hydrogens (primary N) is 1. The highest BCUT2D eigenvalue weighted by Crippen LogP contribution is 2.29. The van der Waals surface area contributed by atoms with Crippen molar-refractivity contribution in [2.45, 2.75) is 58.5 Å². The molecule has 1 aromatic carbocycles. The van der Waals surface area contributed by atoms with Crippen LogP contribution in [0.15, 0.2) is 18.2 Å². The van der Waals surface area contributed by atoms with Crippen LogP contribution in [-0.2, 0) is 0 Å². The number of hydrogen-bond donors (Lipinski definition) is 2. The van der Waals surface area contributed by atoms with Gasteiger partial charge in [-0.05, 0) is 44.7 Å². The smallest absolute Gasteiger partial charge is 0.144 e. The standard InChI is InChI=1S/C17H28N2O/c1-13(2)20-17-12-15(9-10-16(17)18)19-11-5-8-14-6-3-4-7-14/h9-10,12-14,19H,3-8,11,18H2,1-2H3. The van der Waals surface area contributed by atoms with Crippen LogP contribution in [0.25, 0.3) is 0 Å². The van der Waals surface area contributed by atoms with E-state index in [1.165, 1.54) is 38.5 Å². The van der Waals surface area contributed by atoms with Gasteiger partial charge in [0.2, 0.25) is 0 Å². The van der Waals surface area contributed by atoms with E-state index in [0.29, 0.717) is 5.69 Å². The van der Waals surface area contributed by atoms with Gasteiger partial charge in [-0.1, -0.05) is 25.7 Å². The number of nitrogen functional groups attached to an aromatic ring is 1. The van der Waals surface area contributed by atoms with E-state index < -0.39 is 0 Å². The molecule has 1 saturated carbocycles. The Bertz CT molecular complexity index is 411. The van der Waals surface area contributed by atoms with Gasteiger partial charge in [0.05, 0.1) is 11.8 Å². The third kappa shape index (κ3) is 4.62. The minimum Gasteiger partial charge on any atom is -0.489 e. The number of benzene rings is 1. The molecule has 0 radical (unpaired) electrons. The van der Waals surface area contributed by atoms with Crippen LogP contribution in [0.1, 0.15) is 52.4 Å². The Morgan fingerprint density at radius 2 is 2.05 bits per heavy atom. The van der Waals surface area contributed by atoms with Crippen LogP contribution in [0.3, 0.4) is 0 Å². The fraction of sp³-hybridized carbons (Fsp3) is 0.647. The van der Waals surface area contributed by atoms with Crippen LogP contribution in [-0.4, -0.2) is 12.6 Å². The topological polar surface area (TPSA) is 47.3 Å². The molecule has 1 fully saturated rings. The molecule has 0 unspecified atom stereocenters. The third-order valence-electron chi connectivity index (χ3n) is 3.97. The van der Waals surface area contributed by atoms with Gasteiger partial charge in [0, 0.05) is 18.3 Å². The van der Waals surface area contributed by atoms with E-state index in [9.17, 15) is 0 Å². The molecular weight excluding hydrogens is 248 g/mol. The quantitative estimate of drug-likeness (QED) is 0.572. The van der Waals surface area contributed by atoms with Crippen LogP contribution in [0.2, 0.25) is 0 Å². The average Bonchev–Trinajstić information content (AvgIpc) is 2.91. The number of hydrogen-bond acceptors (Lipinski definition) is 3. The summed E-state index contributed by atoms with van der Waals surface area (Å²) in [6, 6.07) is 5.94. The molecule has 1 aliphatic rings. The van der Waals surface area contributed by atoms with Crippen molar-refractivity contribution in [1.82, 2.24) is 0 Å². The molecule has 0 atom stereocenters. The van der Waals surface area contributed by atoms with Gasteiger partial charge in [-0.25, -0.2) is 0 Å². The molecular formula is C17H28N2O. The van der Waals surface area contributed by atoms with Crippen LogP contribution in [0.4, 0.5) is 11.4 Å². The first-order valence-corrected chi connectivity index (χ1v) is 7.95. The van der Waals surface area contributed by atoms with Crippen molar-refractivity contribution in [2.75, 3.05) is 17.6 Å². The van der Waals surface area contributed by atoms with Gasteiger partial charge in [-0.3, -0.25) is 0 Å². The Balaban J connectivity index is 1.77. The highest BCUT2D eigenvalue weighted by atomic mass is 16.5. The molecule has 0 spiro atoms. The Hall–Kier alpha value is -1.38. The van der Waals surface area contributed by atoms with Crippen molar-refractivity contribution in [2.24, 2.45) is 5.92 Å². The predicted octanol–water partition coefficient (Wildman–Crippen LogP) is 4.44. The maximum absolute atomic E-state index is 5.92. The normalized spacial score (nSPS) is 15.8. The Kier molecular flexibility index (Phi) is 5.57. The minimum absolute atomic E-state index is 0.148. The third-order valence-corrected chi connectivity index (χ3v) is 3.97. The van der Waals surface area contributed by atoms with Gasteiger partial charge in [0.25, 0.3) is 0 Å². The van der Waals surface area contributed by atoms with E-state index in [4.69, 9.17) is 10.5 Å². The van der Waals surface area contributed by atoms with Gasteiger partial charge in [-0.15, -0.1) is 0 Å². The summed E-state index contributed by atoms with van der Waals surface area (Å²) in [6.45, 7) is 5.06. The number of nitrogens with one attached hydrogen (secondary N) is 1. The number of rotatable bonds is 7. The molecule has 112 valence electrons. The summed E-state index contributed by atoms with van der Waals surface area (Å²) in [7, 11) is 0. The largest absolute Gasteiger partial charge is 0.489 e. The molecule has 0 bridgehead atoms. The van der Waals surface area contributed by atoms with Crippen molar-refractivity contribution in [3.63, 3.8) is 0 Å². The molecule has 3 N–H and O–H groups in total. The Morgan fingerprint density at radius 3 is 2.75 bits per heavy atom. The van der Waals surface area contributed by atoms with Gasteiger partial charge in [0.1, 0.15) is 5.75 Å². The fourth-order valence-corrected chi connectivity index (χ4v) is 2.92. The predicted molar refractivity (Wildman–Crippen MR) is 86.3 cm³/mol. The Labute approximate surface area is 122 Å². The van der Waals surface area contributed by atoms with Crippen LogP contribution < -0.4 is 15.8 Å². The van der Waals surface area contributed by atoms with Crippen LogP contribution >= 0.6 is 0 Å². The molecule has 1 aliphatic carbocycles. The highest BCUT2D eigenvalue weighted by Gasteiger charge is 2.13. The average molecular weight is 276 g/mol. The molecule has 3 heteroatoms. The molecule has 0 aliphatic heterocycles. The zero-order valence-corrected chi connectivity index (χ0v) is 12.8. The molecule has 0 heterocycles. The Morgan fingerprint density at radius 1 is 1.30 bits per heavy atom. The molecule has 20 heavy (non-hydrogen) atoms. The van der Waals surface area contributed by atoms with Gasteiger partial charge in [-0.2, -0.15) is 0 Å². The van der Waals surface area contributed by atoms with E-state index in [1.807, 2.05) is 32.0 Å². The second-order valence-corrected chi connectivity index (χ2v) is 6.14. The van der Waals surface area contributed by atoms with Crippen LogP contribution in [0.5, 0.6) is 5.75 Å². The first-order valence-electron chi connectivity index (χ1n) is 7.95. The first kappa shape index (κ1) is 15.0. The van der Waals surface area contributed by atoms with Gasteiger partial charge < -0.3 is 15.8 Å². The number of ether oxygens (including phenoxy) is 1. The van der Waals surface area contributed by atoms with E-state index in [2.05, 4.69) is 5.32 Å². The lowest BCUT2D eigenvalue weighted by atomic mass is 10.0. The lowest BCUT2D eigenvalue weighted by Gasteiger charge is -2.15. The summed E-state index contributed by atoms with van der Waals surface area (Å²) in [4.78, 5) is 0. The van der Waals surface area contributed by atoms with Crippen molar-refractivity contribution in [1.29, 1.82) is 0 Å². The molecule has 2 rings (SSSR count). The molecule has 0 amide bonds. The molecule has 3 nitrogen and oxygen atoms in total. The maximum atomic E-state index is 5.92. The van der Waals surface area contributed by atoms with Crippen molar-refractivity contribution >= 4 is 11.4 Å². The second-order valence-electron chi connectivity index (χ2n) is 6.14. The summed E-state index contributed by atoms with van der Waals surface area (Å²) in [5.74, 6) is 1.75. The van der Waals surface area contributed by atoms with Gasteiger partial charge in [0.15, 0.2) is 0 Å². The number of anilines is 2. The van der Waals surface area contributed by atoms with E-state index in [1.54, 1.807) is 0 Å². The summed E-state index contributed by atoms with van der Waals surface area (Å²) < 4.78 is 5.71. The summed E-state index contributed by atoms with van der Waals surface area (Å²) in [5.41, 5.74) is 7.72. The molecule has 0 aromatic heterocycles. The maximum Gasteiger partial charge on any atom is 0.144 e. The van der Waals surface area contributed by atoms with Crippen molar-refractivity contribution in [3.05, 3.63) is 18.2 Å². The summed E-state index contributed by atoms with van der Waals surface area (Å²) >= 11 is 0. The zero-order valence-electron chi connectivity index (χ0n) is 12.8.